The Balaban J connectivity index is 2.72. The fourth-order valence-corrected chi connectivity index (χ4v) is 2.28. The summed E-state index contributed by atoms with van der Waals surface area (Å²) in [6, 6.07) is 7.97. The first kappa shape index (κ1) is 17.9. The van der Waals surface area contributed by atoms with Gasteiger partial charge in [0.25, 0.3) is 0 Å². The first-order chi connectivity index (χ1) is 10.3. The minimum atomic E-state index is -3.48. The monoisotopic (exact) mass is 327 g/mol. The van der Waals surface area contributed by atoms with Crippen molar-refractivity contribution in [2.45, 2.75) is 6.04 Å². The number of sulfonamides is 1. The molecule has 0 aliphatic rings. The van der Waals surface area contributed by atoms with E-state index in [-0.39, 0.29) is 6.61 Å². The second-order valence-corrected chi connectivity index (χ2v) is 6.12. The van der Waals surface area contributed by atoms with Crippen LogP contribution in [-0.2, 0) is 29.1 Å². The molecule has 0 radical (unpaired) electrons. The number of carbonyl (C=O) groups is 2. The molecule has 0 fully saturated rings. The number of ether oxygens (including phenoxy) is 2. The van der Waals surface area contributed by atoms with Crippen molar-refractivity contribution in [2.75, 3.05) is 20.0 Å². The quantitative estimate of drug-likeness (QED) is 0.580. The topological polar surface area (TPSA) is 98.8 Å². The second kappa shape index (κ2) is 8.30. The minimum Gasteiger partial charge on any atom is -0.466 e. The molecular formula is C14H17NO6S. The molecule has 0 aliphatic heterocycles. The first-order valence-electron chi connectivity index (χ1n) is 6.27. The molecule has 0 heterocycles. The maximum Gasteiger partial charge on any atom is 0.331 e. The highest BCUT2D eigenvalue weighted by Crippen LogP contribution is 2.14. The highest BCUT2D eigenvalue weighted by Gasteiger charge is 2.17. The van der Waals surface area contributed by atoms with Gasteiger partial charge in [-0.25, -0.2) is 22.7 Å². The Hall–Kier alpha value is -2.19. The van der Waals surface area contributed by atoms with Gasteiger partial charge in [0.2, 0.25) is 10.0 Å². The third-order valence-corrected chi connectivity index (χ3v) is 3.22. The van der Waals surface area contributed by atoms with Crippen LogP contribution in [0.25, 0.3) is 0 Å². The lowest BCUT2D eigenvalue weighted by Gasteiger charge is -2.17. The third kappa shape index (κ3) is 7.00. The number of carbonyl (C=O) groups excluding carboxylic acids is 2. The number of esters is 2. The van der Waals surface area contributed by atoms with E-state index in [1.165, 1.54) is 7.11 Å². The summed E-state index contributed by atoms with van der Waals surface area (Å²) in [5.74, 6) is -1.47. The van der Waals surface area contributed by atoms with E-state index in [0.29, 0.717) is 5.56 Å². The van der Waals surface area contributed by atoms with Crippen molar-refractivity contribution in [2.24, 2.45) is 0 Å². The van der Waals surface area contributed by atoms with E-state index in [4.69, 9.17) is 4.74 Å². The maximum atomic E-state index is 11.5. The van der Waals surface area contributed by atoms with Crippen LogP contribution in [0.4, 0.5) is 0 Å². The van der Waals surface area contributed by atoms with Gasteiger partial charge >= 0.3 is 11.9 Å². The highest BCUT2D eigenvalue weighted by molar-refractivity contribution is 7.88. The molecule has 0 spiro atoms. The van der Waals surface area contributed by atoms with Crippen LogP contribution < -0.4 is 4.72 Å². The zero-order chi connectivity index (χ0) is 16.6. The summed E-state index contributed by atoms with van der Waals surface area (Å²) in [5, 5.41) is 0. The fourth-order valence-electron chi connectivity index (χ4n) is 1.56. The Bertz CT molecular complexity index is 639. The van der Waals surface area contributed by atoms with Gasteiger partial charge in [0.1, 0.15) is 6.61 Å². The lowest BCUT2D eigenvalue weighted by Crippen LogP contribution is -2.31. The summed E-state index contributed by atoms with van der Waals surface area (Å²) < 4.78 is 34.4. The predicted octanol–water partition coefficient (Wildman–Crippen LogP) is 0.549. The summed E-state index contributed by atoms with van der Waals surface area (Å²) in [5.41, 5.74) is 0.651. The summed E-state index contributed by atoms with van der Waals surface area (Å²) in [7, 11) is -2.30. The lowest BCUT2D eigenvalue weighted by atomic mass is 10.1. The van der Waals surface area contributed by atoms with Crippen molar-refractivity contribution in [3.05, 3.63) is 48.0 Å². The van der Waals surface area contributed by atoms with E-state index < -0.39 is 28.0 Å². The Kier molecular flexibility index (Phi) is 6.74. The van der Waals surface area contributed by atoms with Gasteiger partial charge in [-0.3, -0.25) is 0 Å². The van der Waals surface area contributed by atoms with Crippen LogP contribution in [-0.4, -0.2) is 40.3 Å². The van der Waals surface area contributed by atoms with Crippen LogP contribution in [0.2, 0.25) is 0 Å². The van der Waals surface area contributed by atoms with Gasteiger partial charge in [-0.15, -0.1) is 0 Å². The van der Waals surface area contributed by atoms with Crippen LogP contribution in [0, 0.1) is 0 Å². The molecule has 0 saturated carbocycles. The van der Waals surface area contributed by atoms with Gasteiger partial charge < -0.3 is 9.47 Å². The summed E-state index contributed by atoms with van der Waals surface area (Å²) in [6.45, 7) is -0.207. The number of methoxy groups -OCH3 is 1. The van der Waals surface area contributed by atoms with Crippen molar-refractivity contribution in [3.63, 3.8) is 0 Å². The number of hydrogen-bond acceptors (Lipinski definition) is 6. The first-order valence-corrected chi connectivity index (χ1v) is 8.16. The van der Waals surface area contributed by atoms with E-state index in [2.05, 4.69) is 9.46 Å². The summed E-state index contributed by atoms with van der Waals surface area (Å²) in [4.78, 5) is 22.3. The van der Waals surface area contributed by atoms with E-state index in [1.54, 1.807) is 30.3 Å². The van der Waals surface area contributed by atoms with Crippen LogP contribution in [0.1, 0.15) is 11.6 Å². The van der Waals surface area contributed by atoms with E-state index >= 15 is 0 Å². The van der Waals surface area contributed by atoms with Crippen molar-refractivity contribution in [3.8, 4) is 0 Å². The van der Waals surface area contributed by atoms with Gasteiger partial charge in [0.05, 0.1) is 19.4 Å². The molecule has 7 nitrogen and oxygen atoms in total. The molecule has 120 valence electrons. The summed E-state index contributed by atoms with van der Waals surface area (Å²) in [6.07, 6.45) is 2.85. The third-order valence-electron chi connectivity index (χ3n) is 2.51. The molecule has 1 aromatic rings. The highest BCUT2D eigenvalue weighted by atomic mass is 32.2. The molecular weight excluding hydrogens is 310 g/mol. The fraction of sp³-hybridized carbons (Fsp3) is 0.286. The van der Waals surface area contributed by atoms with Crippen LogP contribution in [0.5, 0.6) is 0 Å². The SMILES string of the molecule is COC(=O)C=CC(=O)OCC(NS(C)(=O)=O)c1ccccc1. The zero-order valence-electron chi connectivity index (χ0n) is 12.2. The lowest BCUT2D eigenvalue weighted by molar-refractivity contribution is -0.139. The second-order valence-electron chi connectivity index (χ2n) is 4.34. The number of nitrogens with one attached hydrogen (secondary N) is 1. The van der Waals surface area contributed by atoms with E-state index in [1.807, 2.05) is 0 Å². The molecule has 1 N–H and O–H groups in total. The molecule has 22 heavy (non-hydrogen) atoms. The maximum absolute atomic E-state index is 11.5. The Morgan fingerprint density at radius 1 is 1.18 bits per heavy atom. The average Bonchev–Trinajstić information content (AvgIpc) is 2.48. The molecule has 0 aromatic heterocycles. The van der Waals surface area contributed by atoms with Crippen molar-refractivity contribution >= 4 is 22.0 Å². The molecule has 0 saturated heterocycles. The molecule has 8 heteroatoms. The Labute approximate surface area is 129 Å². The number of hydrogen-bond donors (Lipinski definition) is 1. The van der Waals surface area contributed by atoms with Gasteiger partial charge in [-0.2, -0.15) is 0 Å². The van der Waals surface area contributed by atoms with Crippen LogP contribution in [0.3, 0.4) is 0 Å². The predicted molar refractivity (Wildman–Crippen MR) is 79.3 cm³/mol. The van der Waals surface area contributed by atoms with Gasteiger partial charge in [0.15, 0.2) is 0 Å². The van der Waals surface area contributed by atoms with Gasteiger partial charge in [-0.05, 0) is 5.56 Å². The number of rotatable bonds is 7. The van der Waals surface area contributed by atoms with Crippen LogP contribution in [0.15, 0.2) is 42.5 Å². The molecule has 1 atom stereocenters. The van der Waals surface area contributed by atoms with Crippen molar-refractivity contribution in [1.29, 1.82) is 0 Å². The summed E-state index contributed by atoms with van der Waals surface area (Å²) >= 11 is 0. The van der Waals surface area contributed by atoms with Gasteiger partial charge in [-0.1, -0.05) is 30.3 Å². The smallest absolute Gasteiger partial charge is 0.331 e. The normalized spacial score (nSPS) is 12.8. The standard InChI is InChI=1S/C14H17NO6S/c1-20-13(16)8-9-14(17)21-10-12(15-22(2,18)19)11-6-4-3-5-7-11/h3-9,12,15H,10H2,1-2H3. The number of benzene rings is 1. The largest absolute Gasteiger partial charge is 0.466 e. The van der Waals surface area contributed by atoms with Crippen LogP contribution >= 0.6 is 0 Å². The van der Waals surface area contributed by atoms with E-state index in [0.717, 1.165) is 18.4 Å². The molecule has 0 amide bonds. The Morgan fingerprint density at radius 3 is 2.32 bits per heavy atom. The minimum absolute atomic E-state index is 0.207. The zero-order valence-corrected chi connectivity index (χ0v) is 13.0. The van der Waals surface area contributed by atoms with Gasteiger partial charge in [0, 0.05) is 12.2 Å². The molecule has 0 bridgehead atoms. The average molecular weight is 327 g/mol. The van der Waals surface area contributed by atoms with Crippen molar-refractivity contribution in [1.82, 2.24) is 4.72 Å². The molecule has 0 aliphatic carbocycles. The molecule has 1 rings (SSSR count). The molecule has 1 unspecified atom stereocenters. The van der Waals surface area contributed by atoms with E-state index in [9.17, 15) is 18.0 Å². The molecule has 1 aromatic carbocycles. The Morgan fingerprint density at radius 2 is 1.77 bits per heavy atom. The van der Waals surface area contributed by atoms with Crippen molar-refractivity contribution < 1.29 is 27.5 Å².